The number of carbonyl (C=O) groups is 1. The molecule has 0 bridgehead atoms. The van der Waals surface area contributed by atoms with Gasteiger partial charge in [0.25, 0.3) is 5.91 Å². The lowest BCUT2D eigenvalue weighted by Crippen LogP contribution is -2.43. The van der Waals surface area contributed by atoms with Crippen molar-refractivity contribution in [3.05, 3.63) is 29.8 Å². The van der Waals surface area contributed by atoms with Crippen molar-refractivity contribution in [2.75, 3.05) is 5.73 Å². The predicted octanol–water partition coefficient (Wildman–Crippen LogP) is 3.21. The molecule has 104 valence electrons. The number of anilines is 1. The average molecular weight is 260 g/mol. The van der Waals surface area contributed by atoms with Gasteiger partial charge in [-0.3, -0.25) is 4.79 Å². The number of nitrogen functional groups attached to an aromatic ring is 1. The first-order valence-corrected chi connectivity index (χ1v) is 7.03. The number of nitrogens with two attached hydrogens (primary N) is 1. The zero-order valence-electron chi connectivity index (χ0n) is 12.1. The highest BCUT2D eigenvalue weighted by molar-refractivity contribution is 5.99. The standard InChI is InChI=1S/C16H24N2O/c1-11-8-12(10-16(2,3)9-11)18-15(19)13-6-4-5-7-14(13)17/h4-7,11-12H,8-10,17H2,1-3H3,(H,18,19)/t11-,12+/m1/s1. The van der Waals surface area contributed by atoms with E-state index in [0.717, 1.165) is 12.8 Å². The maximum absolute atomic E-state index is 12.3. The molecule has 1 aromatic rings. The van der Waals surface area contributed by atoms with Crippen molar-refractivity contribution >= 4 is 11.6 Å². The summed E-state index contributed by atoms with van der Waals surface area (Å²) < 4.78 is 0. The Kier molecular flexibility index (Phi) is 3.83. The van der Waals surface area contributed by atoms with Gasteiger partial charge in [-0.2, -0.15) is 0 Å². The fourth-order valence-electron chi connectivity index (χ4n) is 3.42. The summed E-state index contributed by atoms with van der Waals surface area (Å²) in [6.45, 7) is 6.81. The van der Waals surface area contributed by atoms with Crippen LogP contribution >= 0.6 is 0 Å². The number of carbonyl (C=O) groups excluding carboxylic acids is 1. The normalized spacial score (nSPS) is 25.8. The summed E-state index contributed by atoms with van der Waals surface area (Å²) in [5.74, 6) is 0.607. The van der Waals surface area contributed by atoms with E-state index < -0.39 is 0 Å². The number of nitrogens with one attached hydrogen (secondary N) is 1. The Bertz CT molecular complexity index is 468. The van der Waals surface area contributed by atoms with Gasteiger partial charge in [0.1, 0.15) is 0 Å². The van der Waals surface area contributed by atoms with Crippen LogP contribution in [0.25, 0.3) is 0 Å². The van der Waals surface area contributed by atoms with Crippen LogP contribution in [0, 0.1) is 11.3 Å². The molecule has 0 aromatic heterocycles. The third-order valence-corrected chi connectivity index (χ3v) is 3.93. The van der Waals surface area contributed by atoms with Crippen molar-refractivity contribution in [2.45, 2.75) is 46.1 Å². The Morgan fingerprint density at radius 2 is 2.00 bits per heavy atom. The van der Waals surface area contributed by atoms with E-state index >= 15 is 0 Å². The molecule has 0 radical (unpaired) electrons. The van der Waals surface area contributed by atoms with E-state index in [-0.39, 0.29) is 11.9 Å². The molecule has 1 amide bonds. The first kappa shape index (κ1) is 13.9. The largest absolute Gasteiger partial charge is 0.398 e. The van der Waals surface area contributed by atoms with Crippen molar-refractivity contribution in [3.63, 3.8) is 0 Å². The van der Waals surface area contributed by atoms with Crippen LogP contribution in [0.3, 0.4) is 0 Å². The second-order valence-corrected chi connectivity index (χ2v) is 6.67. The van der Waals surface area contributed by atoms with Gasteiger partial charge in [-0.25, -0.2) is 0 Å². The molecule has 3 N–H and O–H groups in total. The van der Waals surface area contributed by atoms with Crippen LogP contribution in [0.2, 0.25) is 0 Å². The van der Waals surface area contributed by atoms with Gasteiger partial charge in [0.2, 0.25) is 0 Å². The maximum atomic E-state index is 12.3. The number of para-hydroxylation sites is 1. The van der Waals surface area contributed by atoms with Crippen molar-refractivity contribution in [1.82, 2.24) is 5.32 Å². The number of amides is 1. The minimum absolute atomic E-state index is 0.0481. The van der Waals surface area contributed by atoms with Crippen LogP contribution in [0.1, 0.15) is 50.4 Å². The zero-order chi connectivity index (χ0) is 14.0. The van der Waals surface area contributed by atoms with Crippen molar-refractivity contribution in [2.24, 2.45) is 11.3 Å². The van der Waals surface area contributed by atoms with E-state index in [9.17, 15) is 4.79 Å². The Morgan fingerprint density at radius 1 is 1.32 bits per heavy atom. The Hall–Kier alpha value is -1.51. The third kappa shape index (κ3) is 3.49. The summed E-state index contributed by atoms with van der Waals surface area (Å²) in [6.07, 6.45) is 3.32. The van der Waals surface area contributed by atoms with E-state index in [2.05, 4.69) is 26.1 Å². The number of rotatable bonds is 2. The maximum Gasteiger partial charge on any atom is 0.253 e. The molecule has 1 aliphatic carbocycles. The molecule has 2 atom stereocenters. The first-order chi connectivity index (χ1) is 8.87. The van der Waals surface area contributed by atoms with E-state index in [4.69, 9.17) is 5.73 Å². The van der Waals surface area contributed by atoms with Crippen LogP contribution in [0.15, 0.2) is 24.3 Å². The SMILES string of the molecule is C[C@@H]1C[C@H](NC(=O)c2ccccc2N)CC(C)(C)C1. The van der Waals surface area contributed by atoms with E-state index in [1.165, 1.54) is 6.42 Å². The molecule has 1 aliphatic rings. The van der Waals surface area contributed by atoms with Crippen molar-refractivity contribution < 1.29 is 4.79 Å². The van der Waals surface area contributed by atoms with Gasteiger partial charge in [0, 0.05) is 11.7 Å². The molecule has 0 spiro atoms. The highest BCUT2D eigenvalue weighted by Crippen LogP contribution is 2.38. The second-order valence-electron chi connectivity index (χ2n) is 6.67. The van der Waals surface area contributed by atoms with Gasteiger partial charge in [-0.15, -0.1) is 0 Å². The Balaban J connectivity index is 2.05. The predicted molar refractivity (Wildman–Crippen MR) is 78.9 cm³/mol. The molecular formula is C16H24N2O. The fourth-order valence-corrected chi connectivity index (χ4v) is 3.42. The number of hydrogen-bond acceptors (Lipinski definition) is 2. The van der Waals surface area contributed by atoms with Crippen molar-refractivity contribution in [1.29, 1.82) is 0 Å². The molecule has 2 rings (SSSR count). The van der Waals surface area contributed by atoms with Gasteiger partial charge in [-0.05, 0) is 42.7 Å². The van der Waals surface area contributed by atoms with E-state index in [1.807, 2.05) is 12.1 Å². The van der Waals surface area contributed by atoms with Crippen LogP contribution in [-0.2, 0) is 0 Å². The summed E-state index contributed by atoms with van der Waals surface area (Å²) in [6, 6.07) is 7.49. The minimum Gasteiger partial charge on any atom is -0.398 e. The van der Waals surface area contributed by atoms with Gasteiger partial charge < -0.3 is 11.1 Å². The summed E-state index contributed by atoms with van der Waals surface area (Å²) in [5.41, 5.74) is 7.28. The molecule has 1 saturated carbocycles. The van der Waals surface area contributed by atoms with Gasteiger partial charge in [0.15, 0.2) is 0 Å². The highest BCUT2D eigenvalue weighted by atomic mass is 16.1. The highest BCUT2D eigenvalue weighted by Gasteiger charge is 2.32. The lowest BCUT2D eigenvalue weighted by Gasteiger charge is -2.39. The quantitative estimate of drug-likeness (QED) is 0.802. The number of hydrogen-bond donors (Lipinski definition) is 2. The molecule has 3 nitrogen and oxygen atoms in total. The molecule has 0 saturated heterocycles. The molecule has 1 aromatic carbocycles. The van der Waals surface area contributed by atoms with Gasteiger partial charge >= 0.3 is 0 Å². The fraction of sp³-hybridized carbons (Fsp3) is 0.562. The second kappa shape index (κ2) is 5.24. The molecule has 19 heavy (non-hydrogen) atoms. The molecule has 0 aliphatic heterocycles. The van der Waals surface area contributed by atoms with Gasteiger partial charge in [0.05, 0.1) is 5.56 Å². The molecular weight excluding hydrogens is 236 g/mol. The lowest BCUT2D eigenvalue weighted by molar-refractivity contribution is 0.0875. The summed E-state index contributed by atoms with van der Waals surface area (Å²) in [5, 5.41) is 3.14. The summed E-state index contributed by atoms with van der Waals surface area (Å²) in [4.78, 5) is 12.3. The van der Waals surface area contributed by atoms with E-state index in [0.29, 0.717) is 22.6 Å². The van der Waals surface area contributed by atoms with Crippen LogP contribution in [-0.4, -0.2) is 11.9 Å². The van der Waals surface area contributed by atoms with Crippen molar-refractivity contribution in [3.8, 4) is 0 Å². The zero-order valence-corrected chi connectivity index (χ0v) is 12.1. The van der Waals surface area contributed by atoms with E-state index in [1.54, 1.807) is 12.1 Å². The topological polar surface area (TPSA) is 55.1 Å². The summed E-state index contributed by atoms with van der Waals surface area (Å²) in [7, 11) is 0. The molecule has 0 heterocycles. The first-order valence-electron chi connectivity index (χ1n) is 7.03. The smallest absolute Gasteiger partial charge is 0.253 e. The Morgan fingerprint density at radius 3 is 2.63 bits per heavy atom. The van der Waals surface area contributed by atoms with Crippen LogP contribution in [0.5, 0.6) is 0 Å². The Labute approximate surface area is 115 Å². The number of benzene rings is 1. The van der Waals surface area contributed by atoms with Crippen LogP contribution in [0.4, 0.5) is 5.69 Å². The summed E-state index contributed by atoms with van der Waals surface area (Å²) >= 11 is 0. The lowest BCUT2D eigenvalue weighted by atomic mass is 9.70. The third-order valence-electron chi connectivity index (χ3n) is 3.93. The monoisotopic (exact) mass is 260 g/mol. The molecule has 3 heteroatoms. The van der Waals surface area contributed by atoms with Gasteiger partial charge in [-0.1, -0.05) is 32.9 Å². The molecule has 0 unspecified atom stereocenters. The van der Waals surface area contributed by atoms with Crippen LogP contribution < -0.4 is 11.1 Å². The average Bonchev–Trinajstić information content (AvgIpc) is 2.26. The minimum atomic E-state index is -0.0481. The molecule has 1 fully saturated rings.